The fourth-order valence-corrected chi connectivity index (χ4v) is 3.65. The minimum atomic E-state index is -0.884. The number of carbonyl (C=O) groups excluding carboxylic acids is 3. The third-order valence-corrected chi connectivity index (χ3v) is 5.38. The molecular weight excluding hydrogens is 416 g/mol. The molecule has 0 spiro atoms. The number of rotatable bonds is 7. The molecule has 3 aromatic carbocycles. The van der Waals surface area contributed by atoms with E-state index >= 15 is 0 Å². The Morgan fingerprint density at radius 1 is 0.848 bits per heavy atom. The van der Waals surface area contributed by atoms with E-state index in [1.54, 1.807) is 48.7 Å². The summed E-state index contributed by atoms with van der Waals surface area (Å²) in [4.78, 5) is 42.3. The van der Waals surface area contributed by atoms with E-state index in [-0.39, 0.29) is 18.1 Å². The van der Waals surface area contributed by atoms with Gasteiger partial charge in [0.25, 0.3) is 5.91 Å². The van der Waals surface area contributed by atoms with Gasteiger partial charge in [0.05, 0.1) is 18.2 Å². The maximum Gasteiger partial charge on any atom is 0.328 e. The van der Waals surface area contributed by atoms with Crippen LogP contribution in [0.25, 0.3) is 10.9 Å². The van der Waals surface area contributed by atoms with Crippen LogP contribution in [0.4, 0.5) is 0 Å². The van der Waals surface area contributed by atoms with Gasteiger partial charge >= 0.3 is 5.97 Å². The summed E-state index contributed by atoms with van der Waals surface area (Å²) < 4.78 is 4.91. The lowest BCUT2D eigenvalue weighted by atomic mass is 9.99. The third kappa shape index (κ3) is 4.96. The van der Waals surface area contributed by atoms with E-state index in [1.165, 1.54) is 7.11 Å². The van der Waals surface area contributed by atoms with E-state index in [0.717, 1.165) is 5.56 Å². The lowest BCUT2D eigenvalue weighted by molar-refractivity contribution is -0.142. The highest BCUT2D eigenvalue weighted by Crippen LogP contribution is 2.17. The molecule has 0 saturated carbocycles. The van der Waals surface area contributed by atoms with E-state index < -0.39 is 12.0 Å². The van der Waals surface area contributed by atoms with Gasteiger partial charge in [-0.15, -0.1) is 0 Å². The summed E-state index contributed by atoms with van der Waals surface area (Å²) in [5.74, 6) is -1.02. The van der Waals surface area contributed by atoms with Gasteiger partial charge in [0.2, 0.25) is 0 Å². The number of aromatic nitrogens is 1. The minimum absolute atomic E-state index is 0.0791. The Labute approximate surface area is 191 Å². The zero-order chi connectivity index (χ0) is 23.2. The number of benzene rings is 3. The standard InChI is InChI=1S/C27H22N2O4/c1-33-27(32)24(29-26(31)22-15-16-28-23-10-6-5-9-21(22)23)17-18-11-13-20(14-12-18)25(30)19-7-3-2-4-8-19/h2-16,24H,17H2,1H3,(H,29,31)/t24-/m0/s1. The maximum atomic E-state index is 13.0. The largest absolute Gasteiger partial charge is 0.467 e. The summed E-state index contributed by atoms with van der Waals surface area (Å²) in [6.45, 7) is 0. The van der Waals surface area contributed by atoms with Gasteiger partial charge in [-0.1, -0.05) is 72.8 Å². The van der Waals surface area contributed by atoms with Crippen molar-refractivity contribution in [2.45, 2.75) is 12.5 Å². The number of pyridine rings is 1. The molecule has 0 unspecified atom stereocenters. The van der Waals surface area contributed by atoms with E-state index in [4.69, 9.17) is 4.74 Å². The molecule has 6 nitrogen and oxygen atoms in total. The molecule has 0 radical (unpaired) electrons. The summed E-state index contributed by atoms with van der Waals surface area (Å²) in [6, 6.07) is 24.1. The quantitative estimate of drug-likeness (QED) is 0.348. The summed E-state index contributed by atoms with van der Waals surface area (Å²) >= 11 is 0. The van der Waals surface area contributed by atoms with Crippen LogP contribution in [0.3, 0.4) is 0 Å². The number of hydrogen-bond acceptors (Lipinski definition) is 5. The van der Waals surface area contributed by atoms with Gasteiger partial charge < -0.3 is 10.1 Å². The average molecular weight is 438 g/mol. The Bertz CT molecular complexity index is 1300. The van der Waals surface area contributed by atoms with Crippen molar-refractivity contribution in [2.24, 2.45) is 0 Å². The Hall–Kier alpha value is -4.32. The predicted molar refractivity (Wildman–Crippen MR) is 125 cm³/mol. The van der Waals surface area contributed by atoms with Crippen molar-refractivity contribution in [3.8, 4) is 0 Å². The highest BCUT2D eigenvalue weighted by atomic mass is 16.5. The Morgan fingerprint density at radius 2 is 1.52 bits per heavy atom. The van der Waals surface area contributed by atoms with E-state index in [2.05, 4.69) is 10.3 Å². The molecule has 4 aromatic rings. The molecule has 33 heavy (non-hydrogen) atoms. The third-order valence-electron chi connectivity index (χ3n) is 5.38. The van der Waals surface area contributed by atoms with Gasteiger partial charge in [-0.05, 0) is 17.7 Å². The van der Waals surface area contributed by atoms with Gasteiger partial charge in [-0.3, -0.25) is 14.6 Å². The Morgan fingerprint density at radius 3 is 2.24 bits per heavy atom. The first-order valence-electron chi connectivity index (χ1n) is 10.5. The molecule has 0 fully saturated rings. The Balaban J connectivity index is 1.52. The van der Waals surface area contributed by atoms with Gasteiger partial charge in [-0.25, -0.2) is 4.79 Å². The molecule has 4 rings (SSSR count). The van der Waals surface area contributed by atoms with E-state index in [9.17, 15) is 14.4 Å². The fraction of sp³-hybridized carbons (Fsp3) is 0.111. The summed E-state index contributed by atoms with van der Waals surface area (Å²) in [5, 5.41) is 3.48. The van der Waals surface area contributed by atoms with Crippen LogP contribution >= 0.6 is 0 Å². The highest BCUT2D eigenvalue weighted by Gasteiger charge is 2.23. The number of carbonyl (C=O) groups is 3. The van der Waals surface area contributed by atoms with Crippen molar-refractivity contribution in [3.63, 3.8) is 0 Å². The second-order valence-corrected chi connectivity index (χ2v) is 7.52. The number of para-hydroxylation sites is 1. The number of methoxy groups -OCH3 is 1. The van der Waals surface area contributed by atoms with Crippen LogP contribution in [0, 0.1) is 0 Å². The van der Waals surface area contributed by atoms with Gasteiger partial charge in [-0.2, -0.15) is 0 Å². The first-order valence-corrected chi connectivity index (χ1v) is 10.5. The summed E-state index contributed by atoms with van der Waals surface area (Å²) in [5.41, 5.74) is 3.06. The molecule has 1 aromatic heterocycles. The first kappa shape index (κ1) is 21.9. The zero-order valence-electron chi connectivity index (χ0n) is 18.0. The average Bonchev–Trinajstić information content (AvgIpc) is 2.88. The molecule has 1 heterocycles. The number of amides is 1. The van der Waals surface area contributed by atoms with Crippen molar-refractivity contribution in [1.29, 1.82) is 0 Å². The van der Waals surface area contributed by atoms with Gasteiger partial charge in [0, 0.05) is 29.1 Å². The van der Waals surface area contributed by atoms with Crippen molar-refractivity contribution in [3.05, 3.63) is 113 Å². The molecule has 1 N–H and O–H groups in total. The normalized spacial score (nSPS) is 11.5. The van der Waals surface area contributed by atoms with Crippen molar-refractivity contribution < 1.29 is 19.1 Å². The molecule has 1 amide bonds. The SMILES string of the molecule is COC(=O)[C@H](Cc1ccc(C(=O)c2ccccc2)cc1)NC(=O)c1ccnc2ccccc12. The minimum Gasteiger partial charge on any atom is -0.467 e. The molecule has 0 saturated heterocycles. The molecule has 0 aliphatic heterocycles. The van der Waals surface area contributed by atoms with E-state index in [0.29, 0.717) is 27.6 Å². The molecule has 0 bridgehead atoms. The molecule has 0 aliphatic rings. The van der Waals surface area contributed by atoms with Crippen LogP contribution in [-0.2, 0) is 16.0 Å². The molecule has 1 atom stereocenters. The summed E-state index contributed by atoms with van der Waals surface area (Å²) in [6.07, 6.45) is 1.79. The number of fused-ring (bicyclic) bond motifs is 1. The van der Waals surface area contributed by atoms with Crippen LogP contribution in [-0.4, -0.2) is 35.8 Å². The second kappa shape index (κ2) is 9.87. The predicted octanol–water partition coefficient (Wildman–Crippen LogP) is 3.98. The lowest BCUT2D eigenvalue weighted by Gasteiger charge is -2.17. The molecule has 0 aliphatic carbocycles. The highest BCUT2D eigenvalue weighted by molar-refractivity contribution is 6.09. The molecular formula is C27H22N2O4. The van der Waals surface area contributed by atoms with Crippen molar-refractivity contribution in [1.82, 2.24) is 10.3 Å². The number of nitrogens with zero attached hydrogens (tertiary/aromatic N) is 1. The first-order chi connectivity index (χ1) is 16.1. The Kier molecular flexibility index (Phi) is 6.55. The number of ether oxygens (including phenoxy) is 1. The number of ketones is 1. The van der Waals surface area contributed by atoms with Gasteiger partial charge in [0.1, 0.15) is 6.04 Å². The fourth-order valence-electron chi connectivity index (χ4n) is 3.65. The second-order valence-electron chi connectivity index (χ2n) is 7.52. The lowest BCUT2D eigenvalue weighted by Crippen LogP contribution is -2.43. The van der Waals surface area contributed by atoms with Crippen LogP contribution in [0.1, 0.15) is 31.8 Å². The van der Waals surface area contributed by atoms with Crippen molar-refractivity contribution >= 4 is 28.6 Å². The van der Waals surface area contributed by atoms with Crippen LogP contribution < -0.4 is 5.32 Å². The number of nitrogens with one attached hydrogen (secondary N) is 1. The van der Waals surface area contributed by atoms with Crippen LogP contribution in [0.5, 0.6) is 0 Å². The van der Waals surface area contributed by atoms with Gasteiger partial charge in [0.15, 0.2) is 5.78 Å². The monoisotopic (exact) mass is 438 g/mol. The van der Waals surface area contributed by atoms with Crippen LogP contribution in [0.15, 0.2) is 91.1 Å². The molecule has 6 heteroatoms. The summed E-state index contributed by atoms with van der Waals surface area (Å²) in [7, 11) is 1.28. The smallest absolute Gasteiger partial charge is 0.328 e. The van der Waals surface area contributed by atoms with E-state index in [1.807, 2.05) is 42.5 Å². The zero-order valence-corrected chi connectivity index (χ0v) is 18.0. The molecule has 164 valence electrons. The van der Waals surface area contributed by atoms with Crippen LogP contribution in [0.2, 0.25) is 0 Å². The maximum absolute atomic E-state index is 13.0. The topological polar surface area (TPSA) is 85.4 Å². The number of hydrogen-bond donors (Lipinski definition) is 1. The van der Waals surface area contributed by atoms with Crippen molar-refractivity contribution in [2.75, 3.05) is 7.11 Å². The number of esters is 1.